The molecule has 2 heterocycles. The van der Waals surface area contributed by atoms with Crippen LogP contribution in [-0.2, 0) is 23.9 Å². The highest BCUT2D eigenvalue weighted by atomic mass is 32.2. The molecular weight excluding hydrogens is 418 g/mol. The number of ether oxygens (including phenoxy) is 1. The number of rotatable bonds is 7. The quantitative estimate of drug-likeness (QED) is 0.314. The number of carboxylic acid groups (broad SMARTS) is 1. The maximum Gasteiger partial charge on any atom is 0.352 e. The molecule has 0 aromatic heterocycles. The van der Waals surface area contributed by atoms with Crippen LogP contribution < -0.4 is 5.32 Å². The van der Waals surface area contributed by atoms with E-state index in [9.17, 15) is 34.3 Å². The zero-order valence-electron chi connectivity index (χ0n) is 15.6. The highest BCUT2D eigenvalue weighted by Gasteiger charge is 2.54. The molecule has 1 aromatic rings. The largest absolute Gasteiger partial charge is 0.508 e. The number of benzene rings is 1. The van der Waals surface area contributed by atoms with Crippen molar-refractivity contribution in [1.82, 2.24) is 10.2 Å². The molecule has 0 aliphatic carbocycles. The van der Waals surface area contributed by atoms with E-state index >= 15 is 0 Å². The van der Waals surface area contributed by atoms with Crippen molar-refractivity contribution in [2.75, 3.05) is 12.4 Å². The smallest absolute Gasteiger partial charge is 0.352 e. The first-order valence-corrected chi connectivity index (χ1v) is 9.74. The molecule has 12 heteroatoms. The number of nitrogens with zero attached hydrogens (tertiary/aromatic N) is 2. The Kier molecular flexibility index (Phi) is 6.06. The van der Waals surface area contributed by atoms with Crippen LogP contribution in [0.2, 0.25) is 0 Å². The number of phenolic OH excluding ortho intramolecular Hbond substituents is 1. The number of hydrogen-bond acceptors (Lipinski definition) is 9. The van der Waals surface area contributed by atoms with E-state index in [4.69, 9.17) is 4.74 Å². The minimum atomic E-state index is -1.48. The van der Waals surface area contributed by atoms with E-state index in [-0.39, 0.29) is 34.9 Å². The Hall–Kier alpha value is -3.41. The van der Waals surface area contributed by atoms with E-state index in [0.717, 1.165) is 4.90 Å². The van der Waals surface area contributed by atoms with Gasteiger partial charge in [-0.3, -0.25) is 19.3 Å². The molecule has 2 amide bonds. The summed E-state index contributed by atoms with van der Waals surface area (Å²) in [5, 5.41) is 23.6. The van der Waals surface area contributed by atoms with Gasteiger partial charge in [0.15, 0.2) is 6.04 Å². The van der Waals surface area contributed by atoms with Gasteiger partial charge < -0.3 is 20.3 Å². The van der Waals surface area contributed by atoms with E-state index in [0.29, 0.717) is 0 Å². The van der Waals surface area contributed by atoms with E-state index in [1.807, 2.05) is 0 Å². The van der Waals surface area contributed by atoms with E-state index in [1.54, 1.807) is 0 Å². The third-order valence-corrected chi connectivity index (χ3v) is 5.88. The zero-order valence-corrected chi connectivity index (χ0v) is 16.4. The van der Waals surface area contributed by atoms with Crippen LogP contribution in [0.15, 0.2) is 40.7 Å². The zero-order chi connectivity index (χ0) is 22.0. The second-order valence-corrected chi connectivity index (χ2v) is 7.64. The van der Waals surface area contributed by atoms with Gasteiger partial charge in [-0.1, -0.05) is 17.3 Å². The standard InChI is InChI=1S/C18H17N3O8S/c1-8(22)29-6-10-7-30-17-13(16(25)21(17)14(10)18(26)27)19-15(24)12(20-28)9-3-2-4-11(23)5-9/h2-5,12-13,17,23H,6-7H2,1H3,(H,19,24)(H,26,27)/t12?,13-,17-/m1/s1. The Bertz CT molecular complexity index is 963. The number of phenols is 1. The Labute approximate surface area is 174 Å². The second kappa shape index (κ2) is 8.53. The number of thioether (sulfide) groups is 1. The van der Waals surface area contributed by atoms with Crippen LogP contribution in [0, 0.1) is 4.91 Å². The number of carboxylic acids is 1. The SMILES string of the molecule is CC(=O)OCC1=C(C(=O)O)N2C(=O)[C@@H](NC(=O)C(N=O)c3cccc(O)c3)[C@H]2SC1. The summed E-state index contributed by atoms with van der Waals surface area (Å²) >= 11 is 1.19. The number of hydrogen-bond donors (Lipinski definition) is 3. The molecule has 0 radical (unpaired) electrons. The van der Waals surface area contributed by atoms with E-state index in [1.165, 1.54) is 43.0 Å². The van der Waals surface area contributed by atoms with Gasteiger partial charge in [-0.15, -0.1) is 16.7 Å². The first-order chi connectivity index (χ1) is 14.2. The lowest BCUT2D eigenvalue weighted by Gasteiger charge is -2.49. The van der Waals surface area contributed by atoms with Gasteiger partial charge in [0.2, 0.25) is 0 Å². The number of nitrogens with one attached hydrogen (secondary N) is 1. The molecule has 1 saturated heterocycles. The average Bonchev–Trinajstić information content (AvgIpc) is 2.70. The summed E-state index contributed by atoms with van der Waals surface area (Å²) in [4.78, 5) is 60.0. The summed E-state index contributed by atoms with van der Waals surface area (Å²) in [6.45, 7) is 0.927. The second-order valence-electron chi connectivity index (χ2n) is 6.54. The Morgan fingerprint density at radius 1 is 1.40 bits per heavy atom. The number of esters is 1. The van der Waals surface area contributed by atoms with Crippen LogP contribution >= 0.6 is 11.8 Å². The summed E-state index contributed by atoms with van der Waals surface area (Å²) < 4.78 is 4.85. The molecule has 3 rings (SSSR count). The lowest BCUT2D eigenvalue weighted by atomic mass is 10.0. The van der Waals surface area contributed by atoms with Crippen LogP contribution in [-0.4, -0.2) is 62.6 Å². The highest BCUT2D eigenvalue weighted by Crippen LogP contribution is 2.40. The normalized spacial score (nSPS) is 21.2. The fraction of sp³-hybridized carbons (Fsp3) is 0.333. The molecule has 0 bridgehead atoms. The van der Waals surface area contributed by atoms with Crippen LogP contribution in [0.25, 0.3) is 0 Å². The molecule has 158 valence electrons. The predicted octanol–water partition coefficient (Wildman–Crippen LogP) is 0.501. The van der Waals surface area contributed by atoms with Gasteiger partial charge >= 0.3 is 11.9 Å². The summed E-state index contributed by atoms with van der Waals surface area (Å²) in [5.41, 5.74) is 0.134. The Balaban J connectivity index is 1.76. The third kappa shape index (κ3) is 3.99. The minimum absolute atomic E-state index is 0.150. The Morgan fingerprint density at radius 3 is 2.73 bits per heavy atom. The van der Waals surface area contributed by atoms with Gasteiger partial charge in [-0.25, -0.2) is 4.79 Å². The molecule has 1 unspecified atom stereocenters. The highest BCUT2D eigenvalue weighted by molar-refractivity contribution is 8.00. The molecule has 11 nitrogen and oxygen atoms in total. The fourth-order valence-electron chi connectivity index (χ4n) is 3.17. The Morgan fingerprint density at radius 2 is 2.13 bits per heavy atom. The van der Waals surface area contributed by atoms with Crippen molar-refractivity contribution < 1.29 is 34.1 Å². The first-order valence-electron chi connectivity index (χ1n) is 8.69. The summed E-state index contributed by atoms with van der Waals surface area (Å²) in [7, 11) is 0. The maximum absolute atomic E-state index is 12.6. The average molecular weight is 435 g/mol. The summed E-state index contributed by atoms with van der Waals surface area (Å²) in [5.74, 6) is -3.43. The summed E-state index contributed by atoms with van der Waals surface area (Å²) in [6.07, 6.45) is 0. The van der Waals surface area contributed by atoms with Crippen LogP contribution in [0.5, 0.6) is 5.75 Å². The number of fused-ring (bicyclic) bond motifs is 1. The number of carbonyl (C=O) groups is 4. The van der Waals surface area contributed by atoms with Gasteiger partial charge in [0, 0.05) is 18.2 Å². The number of aliphatic carboxylic acids is 1. The van der Waals surface area contributed by atoms with Crippen molar-refractivity contribution in [3.63, 3.8) is 0 Å². The van der Waals surface area contributed by atoms with Gasteiger partial charge in [0.25, 0.3) is 11.8 Å². The molecule has 3 N–H and O–H groups in total. The molecule has 30 heavy (non-hydrogen) atoms. The van der Waals surface area contributed by atoms with Crippen LogP contribution in [0.3, 0.4) is 0 Å². The van der Waals surface area contributed by atoms with Gasteiger partial charge in [-0.2, -0.15) is 0 Å². The number of nitroso groups, excluding NO2 is 1. The van der Waals surface area contributed by atoms with Crippen LogP contribution in [0.4, 0.5) is 0 Å². The molecule has 2 aliphatic rings. The first kappa shape index (κ1) is 21.3. The lowest BCUT2D eigenvalue weighted by Crippen LogP contribution is -2.70. The molecule has 0 saturated carbocycles. The van der Waals surface area contributed by atoms with Crippen molar-refractivity contribution in [3.8, 4) is 5.75 Å². The maximum atomic E-state index is 12.6. The van der Waals surface area contributed by atoms with Crippen molar-refractivity contribution in [2.24, 2.45) is 5.18 Å². The summed E-state index contributed by atoms with van der Waals surface area (Å²) in [6, 6.07) is 2.92. The monoisotopic (exact) mass is 435 g/mol. The molecule has 2 aliphatic heterocycles. The number of aromatic hydroxyl groups is 1. The van der Waals surface area contributed by atoms with E-state index in [2.05, 4.69) is 10.5 Å². The van der Waals surface area contributed by atoms with Crippen molar-refractivity contribution in [2.45, 2.75) is 24.4 Å². The molecule has 1 fully saturated rings. The topological polar surface area (TPSA) is 163 Å². The predicted molar refractivity (Wildman–Crippen MR) is 103 cm³/mol. The van der Waals surface area contributed by atoms with Crippen molar-refractivity contribution in [1.29, 1.82) is 0 Å². The minimum Gasteiger partial charge on any atom is -0.508 e. The molecular formula is C18H17N3O8S. The number of carbonyl (C=O) groups excluding carboxylic acids is 3. The van der Waals surface area contributed by atoms with Crippen molar-refractivity contribution in [3.05, 3.63) is 46.0 Å². The van der Waals surface area contributed by atoms with Gasteiger partial charge in [0.1, 0.15) is 29.5 Å². The van der Waals surface area contributed by atoms with Gasteiger partial charge in [-0.05, 0) is 17.7 Å². The molecule has 1 aromatic carbocycles. The van der Waals surface area contributed by atoms with E-state index < -0.39 is 41.2 Å². The van der Waals surface area contributed by atoms with Gasteiger partial charge in [0.05, 0.1) is 0 Å². The lowest BCUT2D eigenvalue weighted by molar-refractivity contribution is -0.151. The van der Waals surface area contributed by atoms with Crippen molar-refractivity contribution >= 4 is 35.5 Å². The number of β-lactam (4-membered cyclic amide) rings is 1. The third-order valence-electron chi connectivity index (χ3n) is 4.54. The molecule has 0 spiro atoms. The van der Waals surface area contributed by atoms with Crippen LogP contribution in [0.1, 0.15) is 18.5 Å². The molecule has 3 atom stereocenters. The number of amides is 2. The fourth-order valence-corrected chi connectivity index (χ4v) is 4.50.